The van der Waals surface area contributed by atoms with E-state index in [9.17, 15) is 37.1 Å². The van der Waals surface area contributed by atoms with E-state index in [1.807, 2.05) is 121 Å². The summed E-state index contributed by atoms with van der Waals surface area (Å²) >= 11 is 18.2. The molecule has 0 heterocycles. The molecule has 0 fully saturated rings. The molecule has 0 saturated heterocycles. The van der Waals surface area contributed by atoms with Crippen LogP contribution in [0.1, 0.15) is 41.4 Å². The molecule has 0 aliphatic carbocycles. The summed E-state index contributed by atoms with van der Waals surface area (Å²) in [5, 5.41) is 16.9. The number of aliphatic hydroxyl groups is 1. The Labute approximate surface area is 544 Å². The fourth-order valence-electron chi connectivity index (χ4n) is 8.88. The second-order valence-electron chi connectivity index (χ2n) is 19.8. The van der Waals surface area contributed by atoms with E-state index in [0.29, 0.717) is 6.21 Å². The van der Waals surface area contributed by atoms with Crippen LogP contribution in [0.25, 0.3) is 44.5 Å². The molecule has 22 heteroatoms. The van der Waals surface area contributed by atoms with Gasteiger partial charge in [0.1, 0.15) is 38.4 Å². The maximum atomic E-state index is 15.9. The quantitative estimate of drug-likeness (QED) is 0.0141. The van der Waals surface area contributed by atoms with Gasteiger partial charge in [-0.15, -0.1) is 0 Å². The second kappa shape index (κ2) is 33.5. The third kappa shape index (κ3) is 19.0. The van der Waals surface area contributed by atoms with Crippen molar-refractivity contribution in [3.63, 3.8) is 0 Å². The van der Waals surface area contributed by atoms with Gasteiger partial charge in [-0.1, -0.05) is 215 Å². The van der Waals surface area contributed by atoms with Gasteiger partial charge in [0.15, 0.2) is 30.7 Å². The van der Waals surface area contributed by atoms with E-state index >= 15 is 4.39 Å². The van der Waals surface area contributed by atoms with Crippen LogP contribution in [0, 0.1) is 0 Å². The third-order valence-electron chi connectivity index (χ3n) is 13.6. The minimum absolute atomic E-state index is 0.00481. The lowest BCUT2D eigenvalue weighted by Crippen LogP contribution is -2.45. The summed E-state index contributed by atoms with van der Waals surface area (Å²) in [4.78, 5) is 60.5. The molecule has 0 spiro atoms. The van der Waals surface area contributed by atoms with Gasteiger partial charge in [-0.3, -0.25) is 4.18 Å². The zero-order chi connectivity index (χ0) is 65.6. The molecule has 0 aromatic heterocycles. The molecular formula is C70H57Cl3F2N2O14S. The first-order valence-electron chi connectivity index (χ1n) is 28.0. The van der Waals surface area contributed by atoms with Crippen LogP contribution in [-0.4, -0.2) is 114 Å². The lowest BCUT2D eigenvalue weighted by atomic mass is 10.0. The maximum absolute atomic E-state index is 15.9. The first kappa shape index (κ1) is 68.3. The maximum Gasteiger partial charge on any atom is 0.338 e. The van der Waals surface area contributed by atoms with Crippen molar-refractivity contribution in [3.05, 3.63) is 268 Å². The van der Waals surface area contributed by atoms with Gasteiger partial charge in [0, 0.05) is 0 Å². The van der Waals surface area contributed by atoms with Gasteiger partial charge in [0.05, 0.1) is 49.8 Å². The molecule has 0 unspecified atom stereocenters. The molecule has 0 radical (unpaired) electrons. The van der Waals surface area contributed by atoms with Gasteiger partial charge >= 0.3 is 23.9 Å². The van der Waals surface area contributed by atoms with Crippen molar-refractivity contribution in [2.24, 2.45) is 10.3 Å². The normalized spacial score (nSPS) is 13.3. The van der Waals surface area contributed by atoms with Crippen molar-refractivity contribution in [2.75, 3.05) is 27.4 Å². The number of rotatable bonds is 25. The Balaban J connectivity index is 0.000000245. The van der Waals surface area contributed by atoms with Crippen LogP contribution in [0.15, 0.2) is 246 Å². The van der Waals surface area contributed by atoms with Crippen molar-refractivity contribution < 1.29 is 74.3 Å². The number of ether oxygens (including phenoxy) is 4. The number of aliphatic hydroxyl groups excluding tert-OH is 1. The molecule has 0 saturated carbocycles. The molecule has 0 aliphatic rings. The average Bonchev–Trinajstić information content (AvgIpc) is 1.14. The molecule has 0 bridgehead atoms. The van der Waals surface area contributed by atoms with Crippen LogP contribution in [0.5, 0.6) is 0 Å². The Kier molecular flexibility index (Phi) is 24.8. The van der Waals surface area contributed by atoms with Crippen molar-refractivity contribution in [1.82, 2.24) is 0 Å². The fourth-order valence-corrected chi connectivity index (χ4v) is 10.9. The fraction of sp³-hybridized carbons (Fsp3) is 0.143. The summed E-state index contributed by atoms with van der Waals surface area (Å²) in [5.41, 5.74) is 7.67. The zero-order valence-electron chi connectivity index (χ0n) is 48.9. The van der Waals surface area contributed by atoms with E-state index in [1.165, 1.54) is 31.4 Å². The minimum Gasteiger partial charge on any atom is -0.459 e. The number of carbonyl (C=O) groups excluding carboxylic acids is 4. The smallest absolute Gasteiger partial charge is 0.338 e. The molecule has 9 rings (SSSR count). The minimum atomic E-state index is -4.91. The number of oxime groups is 2. The average molecular weight is 1330 g/mol. The number of hydrogen-bond acceptors (Lipinski definition) is 16. The Morgan fingerprint density at radius 2 is 0.739 bits per heavy atom. The Bertz CT molecular complexity index is 4070. The summed E-state index contributed by atoms with van der Waals surface area (Å²) < 4.78 is 85.0. The molecule has 0 aliphatic heterocycles. The van der Waals surface area contributed by atoms with Crippen molar-refractivity contribution >= 4 is 81.2 Å². The first-order valence-corrected chi connectivity index (χ1v) is 30.5. The van der Waals surface area contributed by atoms with Gasteiger partial charge in [-0.25, -0.2) is 28.0 Å². The predicted molar refractivity (Wildman–Crippen MR) is 347 cm³/mol. The molecule has 0 amide bonds. The monoisotopic (exact) mass is 1320 g/mol. The van der Waals surface area contributed by atoms with E-state index in [2.05, 4.69) is 20.0 Å². The third-order valence-corrected chi connectivity index (χ3v) is 16.2. The molecule has 472 valence electrons. The van der Waals surface area contributed by atoms with Gasteiger partial charge < -0.3 is 33.7 Å². The van der Waals surface area contributed by atoms with E-state index in [0.717, 1.165) is 70.0 Å². The molecule has 6 atom stereocenters. The molecule has 1 N–H and O–H groups in total. The Morgan fingerprint density at radius 1 is 0.435 bits per heavy atom. The highest BCUT2D eigenvalue weighted by molar-refractivity contribution is 7.87. The van der Waals surface area contributed by atoms with Gasteiger partial charge in [-0.2, -0.15) is 8.42 Å². The molecular weight excluding hydrogens is 1270 g/mol. The SMILES string of the molecule is CON=C[C@@H](F)[C@H](OC(=O)c1ccc(-c2ccccc2)cc1)[C@@H](COC(=O)c1ccc(-c2ccccc2)cc1)OS(=O)(=O)c1cc(Cl)c(Cl)cc1Cl.CON=C[C@@H](F)[C@H](OC(=O)c1ccc(-c2ccccc2)cc1)[C@H](O)COC(=O)c1ccc(-c2ccccc2)cc1. The molecule has 16 nitrogen and oxygen atoms in total. The molecule has 9 aromatic rings. The van der Waals surface area contributed by atoms with Crippen LogP contribution in [-0.2, 0) is 42.9 Å². The number of carbonyl (C=O) groups is 4. The molecule has 9 aromatic carbocycles. The number of hydrogen-bond donors (Lipinski definition) is 1. The summed E-state index contributed by atoms with van der Waals surface area (Å²) in [6.07, 6.45) is -10.4. The largest absolute Gasteiger partial charge is 0.459 e. The van der Waals surface area contributed by atoms with Crippen LogP contribution < -0.4 is 0 Å². The lowest BCUT2D eigenvalue weighted by molar-refractivity contribution is -0.0594. The van der Waals surface area contributed by atoms with E-state index in [-0.39, 0.29) is 37.3 Å². The van der Waals surface area contributed by atoms with Crippen LogP contribution in [0.4, 0.5) is 8.78 Å². The summed E-state index contributed by atoms with van der Waals surface area (Å²) in [7, 11) is -2.55. The lowest BCUT2D eigenvalue weighted by Gasteiger charge is -2.27. The predicted octanol–water partition coefficient (Wildman–Crippen LogP) is 14.8. The number of alkyl halides is 2. The summed E-state index contributed by atoms with van der Waals surface area (Å²) in [6, 6.07) is 65.9. The Morgan fingerprint density at radius 3 is 1.10 bits per heavy atom. The van der Waals surface area contributed by atoms with Crippen LogP contribution in [0.3, 0.4) is 0 Å². The number of halogens is 5. The highest BCUT2D eigenvalue weighted by Crippen LogP contribution is 2.34. The van der Waals surface area contributed by atoms with E-state index < -0.39 is 88.9 Å². The zero-order valence-corrected chi connectivity index (χ0v) is 52.0. The number of benzene rings is 9. The molecule has 92 heavy (non-hydrogen) atoms. The Hall–Kier alpha value is -9.60. The van der Waals surface area contributed by atoms with Crippen LogP contribution in [0.2, 0.25) is 15.1 Å². The first-order chi connectivity index (χ1) is 44.4. The highest BCUT2D eigenvalue weighted by Gasteiger charge is 2.40. The van der Waals surface area contributed by atoms with Gasteiger partial charge in [0.2, 0.25) is 0 Å². The summed E-state index contributed by atoms with van der Waals surface area (Å²) in [5.74, 6) is -3.53. The topological polar surface area (TPSA) is 212 Å². The number of nitrogens with zero attached hydrogens (tertiary/aromatic N) is 2. The van der Waals surface area contributed by atoms with Gasteiger partial charge in [-0.05, 0) is 105 Å². The van der Waals surface area contributed by atoms with Crippen LogP contribution >= 0.6 is 34.8 Å². The standard InChI is InChI=1S/C38H29Cl3FNO8S.C32H28FNO6/c1-48-43-22-33(42)36(50-38(45)29-18-14-27(15-19-29)25-10-6-3-7-11-25)34(51-52(46,47)35-21-31(40)30(39)20-32(35)41)23-49-37(44)28-16-12-26(13-17-28)24-8-4-2-5-9-24;1-38-34-20-28(33)30(40-32(37)27-18-14-25(15-19-27)23-10-6-3-7-11-23)29(35)21-39-31(36)26-16-12-24(13-17-26)22-8-4-2-5-9-22/h2-22,33-34,36H,23H2,1H3;2-20,28-30,35H,21H2,1H3/t33-,34-,36+;28-,29-,30+/m11/s1. The van der Waals surface area contributed by atoms with E-state index in [4.69, 9.17) is 57.9 Å². The van der Waals surface area contributed by atoms with Gasteiger partial charge in [0.25, 0.3) is 10.1 Å². The highest BCUT2D eigenvalue weighted by atomic mass is 35.5. The van der Waals surface area contributed by atoms with Crippen molar-refractivity contribution in [3.8, 4) is 44.5 Å². The van der Waals surface area contributed by atoms with Crippen molar-refractivity contribution in [1.29, 1.82) is 0 Å². The number of esters is 4. The van der Waals surface area contributed by atoms with Crippen molar-refractivity contribution in [2.45, 2.75) is 41.7 Å². The summed E-state index contributed by atoms with van der Waals surface area (Å²) in [6.45, 7) is -1.53. The second-order valence-corrected chi connectivity index (χ2v) is 22.6. The van der Waals surface area contributed by atoms with E-state index in [1.54, 1.807) is 72.8 Å².